The van der Waals surface area contributed by atoms with Crippen molar-refractivity contribution in [1.82, 2.24) is 0 Å². The maximum Gasteiger partial charge on any atom is 0.339 e. The summed E-state index contributed by atoms with van der Waals surface area (Å²) in [7, 11) is 1.53. The number of carbonyl (C=O) groups excluding carboxylic acids is 1. The molecular weight excluding hydrogens is 208 g/mol. The van der Waals surface area contributed by atoms with Gasteiger partial charge in [0.1, 0.15) is 5.75 Å². The average Bonchev–Trinajstić information content (AvgIpc) is 2.29. The molecule has 1 unspecified atom stereocenters. The van der Waals surface area contributed by atoms with E-state index in [2.05, 4.69) is 0 Å². The van der Waals surface area contributed by atoms with E-state index in [-0.39, 0.29) is 6.61 Å². The molecule has 1 atom stereocenters. The first-order valence-corrected chi connectivity index (χ1v) is 5.09. The van der Waals surface area contributed by atoms with Crippen LogP contribution in [0.1, 0.15) is 24.2 Å². The molecule has 0 saturated carbocycles. The molecule has 1 rings (SSSR count). The maximum absolute atomic E-state index is 11.4. The van der Waals surface area contributed by atoms with Gasteiger partial charge in [-0.25, -0.2) is 4.79 Å². The molecule has 4 nitrogen and oxygen atoms in total. The summed E-state index contributed by atoms with van der Waals surface area (Å²) in [4.78, 5) is 11.4. The fourth-order valence-electron chi connectivity index (χ4n) is 1.39. The van der Waals surface area contributed by atoms with Crippen molar-refractivity contribution in [1.29, 1.82) is 0 Å². The molecule has 0 aromatic heterocycles. The molecule has 1 aromatic carbocycles. The van der Waals surface area contributed by atoms with Crippen LogP contribution in [0.4, 0.5) is 0 Å². The van der Waals surface area contributed by atoms with Gasteiger partial charge in [0.25, 0.3) is 0 Å². The van der Waals surface area contributed by atoms with Gasteiger partial charge in [0.05, 0.1) is 13.7 Å². The smallest absolute Gasteiger partial charge is 0.339 e. The number of carbonyl (C=O) groups is 1. The Morgan fingerprint density at radius 2 is 2.19 bits per heavy atom. The Kier molecular flexibility index (Phi) is 4.31. The summed E-state index contributed by atoms with van der Waals surface area (Å²) >= 11 is 0. The number of hydrogen-bond donors (Lipinski definition) is 1. The minimum absolute atomic E-state index is 0.249. The van der Waals surface area contributed by atoms with Crippen LogP contribution >= 0.6 is 0 Å². The summed E-state index contributed by atoms with van der Waals surface area (Å²) in [6.45, 7) is 3.76. The number of hydrogen-bond acceptors (Lipinski definition) is 4. The molecule has 16 heavy (non-hydrogen) atoms. The van der Waals surface area contributed by atoms with Gasteiger partial charge in [-0.05, 0) is 37.1 Å². The van der Waals surface area contributed by atoms with Gasteiger partial charge in [-0.15, -0.1) is 0 Å². The topological polar surface area (TPSA) is 55.8 Å². The van der Waals surface area contributed by atoms with E-state index in [0.717, 1.165) is 5.56 Å². The van der Waals surface area contributed by atoms with Gasteiger partial charge in [0.2, 0.25) is 0 Å². The minimum Gasteiger partial charge on any atom is -0.497 e. The zero-order valence-corrected chi connectivity index (χ0v) is 9.69. The quantitative estimate of drug-likeness (QED) is 0.789. The third-order valence-electron chi connectivity index (χ3n) is 2.29. The molecule has 1 aromatic rings. The summed E-state index contributed by atoms with van der Waals surface area (Å²) in [6.07, 6.45) is -1.25. The Bertz CT molecular complexity index is 373. The molecule has 0 radical (unpaired) electrons. The van der Waals surface area contributed by atoms with Crippen molar-refractivity contribution in [2.24, 2.45) is 0 Å². The van der Waals surface area contributed by atoms with Crippen LogP contribution in [0.2, 0.25) is 0 Å². The van der Waals surface area contributed by atoms with Crippen LogP contribution in [0.15, 0.2) is 18.2 Å². The fourth-order valence-corrected chi connectivity index (χ4v) is 1.39. The van der Waals surface area contributed by atoms with Gasteiger partial charge in [-0.1, -0.05) is 6.07 Å². The SMILES string of the molecule is CCOC(=O)C(O)c1cc(OC)ccc1C. The van der Waals surface area contributed by atoms with Gasteiger partial charge < -0.3 is 14.6 Å². The molecule has 0 fully saturated rings. The molecule has 0 spiro atoms. The van der Waals surface area contributed by atoms with Crippen molar-refractivity contribution in [2.75, 3.05) is 13.7 Å². The summed E-state index contributed by atoms with van der Waals surface area (Å²) in [5, 5.41) is 9.79. The van der Waals surface area contributed by atoms with Gasteiger partial charge >= 0.3 is 5.97 Å². The highest BCUT2D eigenvalue weighted by atomic mass is 16.5. The zero-order valence-electron chi connectivity index (χ0n) is 9.69. The van der Waals surface area contributed by atoms with Crippen molar-refractivity contribution in [2.45, 2.75) is 20.0 Å². The summed E-state index contributed by atoms with van der Waals surface area (Å²) < 4.78 is 9.79. The van der Waals surface area contributed by atoms with E-state index in [1.807, 2.05) is 6.92 Å². The molecule has 0 aliphatic heterocycles. The Hall–Kier alpha value is -1.55. The van der Waals surface area contributed by atoms with Crippen molar-refractivity contribution in [3.8, 4) is 5.75 Å². The minimum atomic E-state index is -1.25. The standard InChI is InChI=1S/C12H16O4/c1-4-16-12(14)11(13)10-7-9(15-3)6-5-8(10)2/h5-7,11,13H,4H2,1-3H3. The highest BCUT2D eigenvalue weighted by Gasteiger charge is 2.20. The van der Waals surface area contributed by atoms with Gasteiger partial charge in [-0.3, -0.25) is 0 Å². The first-order chi connectivity index (χ1) is 7.60. The van der Waals surface area contributed by atoms with E-state index < -0.39 is 12.1 Å². The van der Waals surface area contributed by atoms with Crippen LogP contribution in [-0.2, 0) is 9.53 Å². The lowest BCUT2D eigenvalue weighted by molar-refractivity contribution is -0.153. The normalized spacial score (nSPS) is 12.0. The number of rotatable bonds is 4. The molecule has 1 N–H and O–H groups in total. The van der Waals surface area contributed by atoms with E-state index in [1.54, 1.807) is 25.1 Å². The second-order valence-electron chi connectivity index (χ2n) is 3.38. The first kappa shape index (κ1) is 12.5. The van der Waals surface area contributed by atoms with Gasteiger partial charge in [0, 0.05) is 0 Å². The number of aliphatic hydroxyl groups is 1. The molecule has 4 heteroatoms. The average molecular weight is 224 g/mol. The van der Waals surface area contributed by atoms with E-state index >= 15 is 0 Å². The van der Waals surface area contributed by atoms with Crippen LogP contribution in [0.25, 0.3) is 0 Å². The predicted octanol–water partition coefficient (Wildman–Crippen LogP) is 1.60. The van der Waals surface area contributed by atoms with Crippen molar-refractivity contribution < 1.29 is 19.4 Å². The number of aliphatic hydroxyl groups excluding tert-OH is 1. The van der Waals surface area contributed by atoms with E-state index in [9.17, 15) is 9.90 Å². The largest absolute Gasteiger partial charge is 0.497 e. The Balaban J connectivity index is 2.97. The second-order valence-corrected chi connectivity index (χ2v) is 3.38. The Morgan fingerprint density at radius 3 is 2.75 bits per heavy atom. The third kappa shape index (κ3) is 2.73. The predicted molar refractivity (Wildman–Crippen MR) is 59.3 cm³/mol. The lowest BCUT2D eigenvalue weighted by Gasteiger charge is -2.13. The molecule has 0 aliphatic carbocycles. The number of aryl methyl sites for hydroxylation is 1. The summed E-state index contributed by atoms with van der Waals surface area (Å²) in [5.41, 5.74) is 1.33. The monoisotopic (exact) mass is 224 g/mol. The molecule has 0 aliphatic rings. The number of ether oxygens (including phenoxy) is 2. The molecule has 88 valence electrons. The molecule has 0 saturated heterocycles. The lowest BCUT2D eigenvalue weighted by atomic mass is 10.0. The lowest BCUT2D eigenvalue weighted by Crippen LogP contribution is -2.16. The summed E-state index contributed by atoms with van der Waals surface area (Å²) in [5.74, 6) is -0.0391. The highest BCUT2D eigenvalue weighted by Crippen LogP contribution is 2.23. The van der Waals surface area contributed by atoms with Crippen LogP contribution < -0.4 is 4.74 Å². The van der Waals surface area contributed by atoms with Crippen LogP contribution in [0.5, 0.6) is 5.75 Å². The van der Waals surface area contributed by atoms with Crippen LogP contribution in [0, 0.1) is 6.92 Å². The molecular formula is C12H16O4. The second kappa shape index (κ2) is 5.51. The maximum atomic E-state index is 11.4. The van der Waals surface area contributed by atoms with Crippen molar-refractivity contribution in [3.05, 3.63) is 29.3 Å². The molecule has 0 heterocycles. The number of benzene rings is 1. The van der Waals surface area contributed by atoms with Crippen molar-refractivity contribution in [3.63, 3.8) is 0 Å². The third-order valence-corrected chi connectivity index (χ3v) is 2.29. The Morgan fingerprint density at radius 1 is 1.50 bits per heavy atom. The van der Waals surface area contributed by atoms with Crippen LogP contribution in [0.3, 0.4) is 0 Å². The van der Waals surface area contributed by atoms with Gasteiger partial charge in [-0.2, -0.15) is 0 Å². The number of methoxy groups -OCH3 is 1. The van der Waals surface area contributed by atoms with E-state index in [4.69, 9.17) is 9.47 Å². The van der Waals surface area contributed by atoms with Crippen molar-refractivity contribution >= 4 is 5.97 Å². The fraction of sp³-hybridized carbons (Fsp3) is 0.417. The molecule has 0 bridgehead atoms. The first-order valence-electron chi connectivity index (χ1n) is 5.09. The summed E-state index contributed by atoms with van der Waals surface area (Å²) in [6, 6.07) is 5.20. The molecule has 0 amide bonds. The van der Waals surface area contributed by atoms with Gasteiger partial charge in [0.15, 0.2) is 6.10 Å². The van der Waals surface area contributed by atoms with E-state index in [1.165, 1.54) is 7.11 Å². The zero-order chi connectivity index (χ0) is 12.1. The number of esters is 1. The highest BCUT2D eigenvalue weighted by molar-refractivity contribution is 5.76. The Labute approximate surface area is 94.8 Å². The van der Waals surface area contributed by atoms with Crippen LogP contribution in [-0.4, -0.2) is 24.8 Å². The van der Waals surface area contributed by atoms with E-state index in [0.29, 0.717) is 11.3 Å².